The average molecular weight is 578 g/mol. The molecule has 2 aromatic carbocycles. The minimum atomic E-state index is -0.416. The van der Waals surface area contributed by atoms with Crippen molar-refractivity contribution in [2.24, 2.45) is 0 Å². The quantitative estimate of drug-likeness (QED) is 0.181. The lowest BCUT2D eigenvalue weighted by Crippen LogP contribution is -2.44. The molecule has 1 aliphatic rings. The van der Waals surface area contributed by atoms with E-state index in [1.807, 2.05) is 85.6 Å². The second kappa shape index (κ2) is 12.7. The molecule has 3 heterocycles. The van der Waals surface area contributed by atoms with Gasteiger partial charge in [0.1, 0.15) is 40.9 Å². The summed E-state index contributed by atoms with van der Waals surface area (Å²) >= 11 is 0. The van der Waals surface area contributed by atoms with Crippen molar-refractivity contribution in [3.05, 3.63) is 78.8 Å². The van der Waals surface area contributed by atoms with Gasteiger partial charge in [0, 0.05) is 30.4 Å². The zero-order chi connectivity index (χ0) is 30.6. The molecular formula is C34H39N7O2. The van der Waals surface area contributed by atoms with E-state index in [-0.39, 0.29) is 17.5 Å². The number of para-hydroxylation sites is 1. The van der Waals surface area contributed by atoms with Crippen LogP contribution < -0.4 is 10.5 Å². The lowest BCUT2D eigenvalue weighted by molar-refractivity contribution is -0.127. The summed E-state index contributed by atoms with van der Waals surface area (Å²) in [7, 11) is 0. The molecule has 0 bridgehead atoms. The zero-order valence-electron chi connectivity index (χ0n) is 25.3. The van der Waals surface area contributed by atoms with Crippen LogP contribution in [0.15, 0.2) is 78.8 Å². The maximum atomic E-state index is 13.7. The summed E-state index contributed by atoms with van der Waals surface area (Å²) < 4.78 is 8.03. The number of ether oxygens (including phenoxy) is 1. The lowest BCUT2D eigenvalue weighted by atomic mass is 9.98. The smallest absolute Gasteiger partial charge is 0.264 e. The zero-order valence-corrected chi connectivity index (χ0v) is 25.3. The highest BCUT2D eigenvalue weighted by atomic mass is 16.5. The fourth-order valence-electron chi connectivity index (χ4n) is 6.13. The molecule has 2 aromatic heterocycles. The van der Waals surface area contributed by atoms with Gasteiger partial charge in [0.25, 0.3) is 5.91 Å². The summed E-state index contributed by atoms with van der Waals surface area (Å²) in [4.78, 5) is 26.6. The number of anilines is 1. The predicted octanol–water partition coefficient (Wildman–Crippen LogP) is 6.03. The molecule has 9 nitrogen and oxygen atoms in total. The molecule has 1 atom stereocenters. The van der Waals surface area contributed by atoms with Crippen molar-refractivity contribution in [2.45, 2.75) is 58.7 Å². The van der Waals surface area contributed by atoms with E-state index in [9.17, 15) is 10.1 Å². The van der Waals surface area contributed by atoms with Gasteiger partial charge < -0.3 is 19.9 Å². The summed E-state index contributed by atoms with van der Waals surface area (Å²) in [5, 5.41) is 10.8. The monoisotopic (exact) mass is 577 g/mol. The molecule has 2 N–H and O–H groups in total. The maximum absolute atomic E-state index is 13.7. The van der Waals surface area contributed by atoms with Gasteiger partial charge in [0.05, 0.1) is 11.4 Å². The van der Waals surface area contributed by atoms with Gasteiger partial charge in [0.2, 0.25) is 0 Å². The Kier molecular flexibility index (Phi) is 8.78. The van der Waals surface area contributed by atoms with Crippen LogP contribution in [0.25, 0.3) is 22.2 Å². The second-order valence-corrected chi connectivity index (χ2v) is 11.4. The first-order chi connectivity index (χ1) is 20.7. The van der Waals surface area contributed by atoms with Crippen molar-refractivity contribution in [3.63, 3.8) is 0 Å². The van der Waals surface area contributed by atoms with Crippen LogP contribution >= 0.6 is 0 Å². The maximum Gasteiger partial charge on any atom is 0.264 e. The van der Waals surface area contributed by atoms with E-state index in [0.29, 0.717) is 24.6 Å². The van der Waals surface area contributed by atoms with E-state index >= 15 is 0 Å². The van der Waals surface area contributed by atoms with Gasteiger partial charge in [0.15, 0.2) is 0 Å². The molecule has 0 spiro atoms. The normalized spacial score (nSPS) is 15.7. The Hall–Kier alpha value is -4.68. The number of carbonyl (C=O) groups is 1. The van der Waals surface area contributed by atoms with Gasteiger partial charge in [-0.05, 0) is 75.7 Å². The molecule has 1 amide bonds. The highest BCUT2D eigenvalue weighted by Gasteiger charge is 2.33. The predicted molar refractivity (Wildman–Crippen MR) is 169 cm³/mol. The van der Waals surface area contributed by atoms with Crippen molar-refractivity contribution < 1.29 is 9.53 Å². The minimum Gasteiger partial charge on any atom is -0.457 e. The molecule has 4 aromatic rings. The second-order valence-electron chi connectivity index (χ2n) is 11.4. The van der Waals surface area contributed by atoms with Crippen LogP contribution in [0.3, 0.4) is 0 Å². The third-order valence-electron chi connectivity index (χ3n) is 8.30. The molecule has 9 heteroatoms. The molecule has 1 fully saturated rings. The SMILES string of the molecule is CCN(CC)C(C)(C)/C=C(/C#N)C(=O)N1CCC[C@@H]1Cn1cc(-c2ccc(Oc3ccccc3)cc2)c2c(N)ncnc21. The first-order valence-electron chi connectivity index (χ1n) is 14.9. The number of hydrogen-bond donors (Lipinski definition) is 1. The third kappa shape index (κ3) is 6.25. The van der Waals surface area contributed by atoms with Crippen molar-refractivity contribution in [3.8, 4) is 28.7 Å². The summed E-state index contributed by atoms with van der Waals surface area (Å²) in [6.07, 6.45) is 7.04. The molecule has 1 aliphatic heterocycles. The molecule has 0 unspecified atom stereocenters. The molecule has 1 saturated heterocycles. The Bertz CT molecular complexity index is 1650. The number of nitrogen functional groups attached to an aromatic ring is 1. The molecular weight excluding hydrogens is 538 g/mol. The number of rotatable bonds is 10. The van der Waals surface area contributed by atoms with Gasteiger partial charge in [-0.2, -0.15) is 5.26 Å². The third-order valence-corrected chi connectivity index (χ3v) is 8.30. The fraction of sp³-hybridized carbons (Fsp3) is 0.353. The van der Waals surface area contributed by atoms with Crippen LogP contribution in [0.1, 0.15) is 40.5 Å². The summed E-state index contributed by atoms with van der Waals surface area (Å²) in [5.41, 5.74) is 8.74. The average Bonchev–Trinajstić information content (AvgIpc) is 3.63. The van der Waals surface area contributed by atoms with Crippen molar-refractivity contribution >= 4 is 22.8 Å². The Balaban J connectivity index is 1.42. The number of nitrogens with zero attached hydrogens (tertiary/aromatic N) is 6. The summed E-state index contributed by atoms with van der Waals surface area (Å²) in [6, 6.07) is 19.6. The van der Waals surface area contributed by atoms with E-state index in [1.54, 1.807) is 0 Å². The van der Waals surface area contributed by atoms with Crippen LogP contribution in [-0.4, -0.2) is 61.5 Å². The Labute approximate surface area is 253 Å². The standard InChI is InChI=1S/C34H39N7O2/c1-5-40(6-2)34(3,4)19-25(20-35)33(42)41-18-10-11-26(41)21-39-22-29(30-31(36)37-23-38-32(30)39)24-14-16-28(17-15-24)43-27-12-8-7-9-13-27/h7-9,12-17,19,22-23,26H,5-6,10-11,18,21H2,1-4H3,(H2,36,37,38)/b25-19-/t26-/m1/s1. The number of amides is 1. The van der Waals surface area contributed by atoms with Gasteiger partial charge in [-0.25, -0.2) is 9.97 Å². The van der Waals surface area contributed by atoms with Crippen LogP contribution in [-0.2, 0) is 11.3 Å². The van der Waals surface area contributed by atoms with Crippen molar-refractivity contribution in [1.29, 1.82) is 5.26 Å². The van der Waals surface area contributed by atoms with E-state index in [1.165, 1.54) is 6.33 Å². The molecule has 0 saturated carbocycles. The lowest BCUT2D eigenvalue weighted by Gasteiger charge is -2.35. The van der Waals surface area contributed by atoms with Gasteiger partial charge in [-0.1, -0.05) is 44.2 Å². The van der Waals surface area contributed by atoms with E-state index in [0.717, 1.165) is 53.9 Å². The Morgan fingerprint density at radius 2 is 1.81 bits per heavy atom. The largest absolute Gasteiger partial charge is 0.457 e. The fourth-order valence-corrected chi connectivity index (χ4v) is 6.13. The first kappa shape index (κ1) is 29.8. The molecule has 43 heavy (non-hydrogen) atoms. The van der Waals surface area contributed by atoms with Crippen LogP contribution in [0.4, 0.5) is 5.82 Å². The number of benzene rings is 2. The molecule has 0 radical (unpaired) electrons. The molecule has 222 valence electrons. The number of likely N-dealkylation sites (tertiary alicyclic amines) is 1. The number of aromatic nitrogens is 3. The molecule has 5 rings (SSSR count). The van der Waals surface area contributed by atoms with E-state index < -0.39 is 5.54 Å². The first-order valence-corrected chi connectivity index (χ1v) is 14.9. The van der Waals surface area contributed by atoms with Gasteiger partial charge >= 0.3 is 0 Å². The van der Waals surface area contributed by atoms with E-state index in [2.05, 4.69) is 39.4 Å². The van der Waals surface area contributed by atoms with Gasteiger partial charge in [-0.15, -0.1) is 0 Å². The number of fused-ring (bicyclic) bond motifs is 1. The number of nitriles is 1. The van der Waals surface area contributed by atoms with Crippen LogP contribution in [0.5, 0.6) is 11.5 Å². The molecule has 0 aliphatic carbocycles. The summed E-state index contributed by atoms with van der Waals surface area (Å²) in [6.45, 7) is 11.1. The number of nitrogens with two attached hydrogens (primary N) is 1. The number of hydrogen-bond acceptors (Lipinski definition) is 7. The minimum absolute atomic E-state index is 0.0814. The highest BCUT2D eigenvalue weighted by molar-refractivity contribution is 6.01. The van der Waals surface area contributed by atoms with Crippen LogP contribution in [0, 0.1) is 11.3 Å². The number of likely N-dealkylation sites (N-methyl/N-ethyl adjacent to an activating group) is 1. The Morgan fingerprint density at radius 1 is 1.12 bits per heavy atom. The van der Waals surface area contributed by atoms with Crippen molar-refractivity contribution in [1.82, 2.24) is 24.3 Å². The summed E-state index contributed by atoms with van der Waals surface area (Å²) in [5.74, 6) is 1.68. The van der Waals surface area contributed by atoms with Crippen LogP contribution in [0.2, 0.25) is 0 Å². The van der Waals surface area contributed by atoms with Gasteiger partial charge in [-0.3, -0.25) is 9.69 Å². The highest BCUT2D eigenvalue weighted by Crippen LogP contribution is 2.35. The topological polar surface area (TPSA) is 113 Å². The van der Waals surface area contributed by atoms with Crippen molar-refractivity contribution in [2.75, 3.05) is 25.4 Å². The Morgan fingerprint density at radius 3 is 2.49 bits per heavy atom. The number of carbonyl (C=O) groups excluding carboxylic acids is 1. The van der Waals surface area contributed by atoms with E-state index in [4.69, 9.17) is 10.5 Å².